The molecule has 0 aliphatic carbocycles. The predicted molar refractivity (Wildman–Crippen MR) is 146 cm³/mol. The van der Waals surface area contributed by atoms with E-state index in [9.17, 15) is 4.79 Å². The summed E-state index contributed by atoms with van der Waals surface area (Å²) in [6, 6.07) is 12.0. The molecule has 182 valence electrons. The van der Waals surface area contributed by atoms with Crippen molar-refractivity contribution in [2.24, 2.45) is 0 Å². The number of carbonyl (C=O) groups excluding carboxylic acids is 1. The first-order chi connectivity index (χ1) is 16.6. The molecule has 2 aromatic heterocycles. The van der Waals surface area contributed by atoms with E-state index in [0.29, 0.717) is 33.1 Å². The van der Waals surface area contributed by atoms with Crippen LogP contribution in [0.15, 0.2) is 36.4 Å². The van der Waals surface area contributed by atoms with Gasteiger partial charge in [-0.15, -0.1) is 11.3 Å². The lowest BCUT2D eigenvalue weighted by molar-refractivity contribution is 0.102. The lowest BCUT2D eigenvalue weighted by Crippen LogP contribution is -2.14. The number of rotatable bonds is 6. The SMILES string of the molecule is COc1cc(Cl)c(C)cc1NC(=O)c1sc2nc(C)nc(N(C)c3ccc(C(C)C)cc3)c2c1C. The van der Waals surface area contributed by atoms with E-state index in [1.807, 2.05) is 38.8 Å². The molecule has 4 rings (SSSR count). The Balaban J connectivity index is 1.75. The molecule has 0 spiro atoms. The summed E-state index contributed by atoms with van der Waals surface area (Å²) in [7, 11) is 3.54. The summed E-state index contributed by atoms with van der Waals surface area (Å²) in [4.78, 5) is 26.2. The van der Waals surface area contributed by atoms with Crippen LogP contribution in [0.2, 0.25) is 5.02 Å². The van der Waals surface area contributed by atoms with Crippen molar-refractivity contribution in [3.63, 3.8) is 0 Å². The minimum Gasteiger partial charge on any atom is -0.495 e. The molecule has 2 heterocycles. The van der Waals surface area contributed by atoms with Crippen molar-refractivity contribution in [1.82, 2.24) is 9.97 Å². The van der Waals surface area contributed by atoms with Crippen molar-refractivity contribution in [3.8, 4) is 5.75 Å². The van der Waals surface area contributed by atoms with E-state index >= 15 is 0 Å². The number of anilines is 3. The number of carbonyl (C=O) groups is 1. The van der Waals surface area contributed by atoms with E-state index in [4.69, 9.17) is 21.3 Å². The largest absolute Gasteiger partial charge is 0.495 e. The van der Waals surface area contributed by atoms with Gasteiger partial charge in [-0.2, -0.15) is 0 Å². The zero-order valence-electron chi connectivity index (χ0n) is 21.0. The number of nitrogens with one attached hydrogen (secondary N) is 1. The monoisotopic (exact) mass is 508 g/mol. The van der Waals surface area contributed by atoms with Gasteiger partial charge in [0.2, 0.25) is 0 Å². The first-order valence-corrected chi connectivity index (χ1v) is 12.6. The van der Waals surface area contributed by atoms with Crippen LogP contribution in [0.4, 0.5) is 17.2 Å². The maximum Gasteiger partial charge on any atom is 0.266 e. The minimum atomic E-state index is -0.224. The van der Waals surface area contributed by atoms with Gasteiger partial charge in [-0.25, -0.2) is 9.97 Å². The molecule has 35 heavy (non-hydrogen) atoms. The van der Waals surface area contributed by atoms with Crippen molar-refractivity contribution >= 4 is 56.3 Å². The average molecular weight is 509 g/mol. The highest BCUT2D eigenvalue weighted by molar-refractivity contribution is 7.20. The van der Waals surface area contributed by atoms with Crippen LogP contribution < -0.4 is 15.0 Å². The van der Waals surface area contributed by atoms with Crippen LogP contribution in [0, 0.1) is 20.8 Å². The van der Waals surface area contributed by atoms with Crippen LogP contribution in [0.3, 0.4) is 0 Å². The number of hydrogen-bond acceptors (Lipinski definition) is 6. The first kappa shape index (κ1) is 24.9. The Bertz CT molecular complexity index is 1410. The fraction of sp³-hybridized carbons (Fsp3) is 0.296. The van der Waals surface area contributed by atoms with Crippen LogP contribution in [-0.4, -0.2) is 30.0 Å². The smallest absolute Gasteiger partial charge is 0.266 e. The molecule has 1 N–H and O–H groups in total. The van der Waals surface area contributed by atoms with E-state index < -0.39 is 0 Å². The zero-order valence-corrected chi connectivity index (χ0v) is 22.6. The van der Waals surface area contributed by atoms with Crippen molar-refractivity contribution in [1.29, 1.82) is 0 Å². The van der Waals surface area contributed by atoms with E-state index in [2.05, 4.69) is 48.4 Å². The fourth-order valence-corrected chi connectivity index (χ4v) is 5.26. The molecule has 1 amide bonds. The summed E-state index contributed by atoms with van der Waals surface area (Å²) in [5.74, 6) is 2.18. The molecule has 0 aliphatic rings. The van der Waals surface area contributed by atoms with Crippen LogP contribution in [-0.2, 0) is 0 Å². The Hall–Kier alpha value is -3.16. The fourth-order valence-electron chi connectivity index (χ4n) is 3.99. The van der Waals surface area contributed by atoms with Gasteiger partial charge in [-0.1, -0.05) is 37.6 Å². The molecule has 8 heteroatoms. The second kappa shape index (κ2) is 9.84. The van der Waals surface area contributed by atoms with Gasteiger partial charge < -0.3 is 15.0 Å². The van der Waals surface area contributed by atoms with E-state index in [1.165, 1.54) is 16.9 Å². The molecule has 0 radical (unpaired) electrons. The number of benzene rings is 2. The number of hydrogen-bond donors (Lipinski definition) is 1. The van der Waals surface area contributed by atoms with Crippen molar-refractivity contribution in [3.05, 3.63) is 68.8 Å². The molecule has 2 aromatic carbocycles. The average Bonchev–Trinajstić information content (AvgIpc) is 3.16. The number of aromatic nitrogens is 2. The first-order valence-electron chi connectivity index (χ1n) is 11.4. The van der Waals surface area contributed by atoms with E-state index in [1.54, 1.807) is 13.2 Å². The van der Waals surface area contributed by atoms with Gasteiger partial charge in [0.1, 0.15) is 22.2 Å². The molecule has 0 saturated carbocycles. The van der Waals surface area contributed by atoms with Crippen LogP contribution in [0.25, 0.3) is 10.2 Å². The summed E-state index contributed by atoms with van der Waals surface area (Å²) >= 11 is 7.59. The Morgan fingerprint density at radius 2 is 1.80 bits per heavy atom. The lowest BCUT2D eigenvalue weighted by atomic mass is 10.0. The van der Waals surface area contributed by atoms with Gasteiger partial charge in [-0.3, -0.25) is 4.79 Å². The van der Waals surface area contributed by atoms with Crippen LogP contribution >= 0.6 is 22.9 Å². The second-order valence-corrected chi connectivity index (χ2v) is 10.3. The number of aryl methyl sites for hydroxylation is 3. The number of methoxy groups -OCH3 is 1. The number of amides is 1. The highest BCUT2D eigenvalue weighted by atomic mass is 35.5. The molecule has 0 bridgehead atoms. The molecular formula is C27H29ClN4O2S. The molecule has 4 aromatic rings. The maximum absolute atomic E-state index is 13.4. The Morgan fingerprint density at radius 3 is 2.43 bits per heavy atom. The van der Waals surface area contributed by atoms with Crippen molar-refractivity contribution < 1.29 is 9.53 Å². The standard InChI is InChI=1S/C27H29ClN4O2S/c1-14(2)18-8-10-19(11-9-18)32(6)25-23-16(4)24(35-27(23)30-17(5)29-25)26(33)31-21-12-15(3)20(28)13-22(21)34-7/h8-14H,1-7H3,(H,31,33). The predicted octanol–water partition coefficient (Wildman–Crippen LogP) is 7.42. The maximum atomic E-state index is 13.4. The number of thiophene rings is 1. The molecule has 0 aliphatic heterocycles. The Labute approximate surface area is 214 Å². The van der Waals surface area contributed by atoms with Crippen LogP contribution in [0.1, 0.15) is 52.0 Å². The number of fused-ring (bicyclic) bond motifs is 1. The zero-order chi connectivity index (χ0) is 25.4. The highest BCUT2D eigenvalue weighted by Crippen LogP contribution is 2.38. The molecule has 0 fully saturated rings. The third-order valence-electron chi connectivity index (χ3n) is 6.08. The summed E-state index contributed by atoms with van der Waals surface area (Å²) in [6.07, 6.45) is 0. The number of nitrogens with zero attached hydrogens (tertiary/aromatic N) is 3. The summed E-state index contributed by atoms with van der Waals surface area (Å²) in [5, 5.41) is 4.44. The molecular weight excluding hydrogens is 480 g/mol. The van der Waals surface area contributed by atoms with Gasteiger partial charge >= 0.3 is 0 Å². The van der Waals surface area contributed by atoms with E-state index in [0.717, 1.165) is 32.8 Å². The van der Waals surface area contributed by atoms with Gasteiger partial charge in [-0.05, 0) is 61.6 Å². The molecule has 0 unspecified atom stereocenters. The van der Waals surface area contributed by atoms with Gasteiger partial charge in [0.05, 0.1) is 23.1 Å². The normalized spacial score (nSPS) is 11.2. The van der Waals surface area contributed by atoms with Gasteiger partial charge in [0.25, 0.3) is 5.91 Å². The third-order valence-corrected chi connectivity index (χ3v) is 7.67. The quantitative estimate of drug-likeness (QED) is 0.293. The minimum absolute atomic E-state index is 0.224. The highest BCUT2D eigenvalue weighted by Gasteiger charge is 2.23. The third kappa shape index (κ3) is 4.83. The summed E-state index contributed by atoms with van der Waals surface area (Å²) in [6.45, 7) is 10.1. The van der Waals surface area contributed by atoms with Gasteiger partial charge in [0, 0.05) is 23.8 Å². The number of ether oxygens (including phenoxy) is 1. The number of halogens is 1. The van der Waals surface area contributed by atoms with Gasteiger partial charge in [0.15, 0.2) is 0 Å². The Morgan fingerprint density at radius 1 is 1.11 bits per heavy atom. The van der Waals surface area contributed by atoms with E-state index in [-0.39, 0.29) is 5.91 Å². The van der Waals surface area contributed by atoms with Crippen LogP contribution in [0.5, 0.6) is 5.75 Å². The summed E-state index contributed by atoms with van der Waals surface area (Å²) in [5.41, 5.74) is 4.56. The summed E-state index contributed by atoms with van der Waals surface area (Å²) < 4.78 is 5.42. The topological polar surface area (TPSA) is 67.3 Å². The van der Waals surface area contributed by atoms with Crippen molar-refractivity contribution in [2.75, 3.05) is 24.4 Å². The molecule has 6 nitrogen and oxygen atoms in total. The lowest BCUT2D eigenvalue weighted by Gasteiger charge is -2.20. The molecule has 0 saturated heterocycles. The van der Waals surface area contributed by atoms with Crippen molar-refractivity contribution in [2.45, 2.75) is 40.5 Å². The Kier molecular flexibility index (Phi) is 7.01. The second-order valence-electron chi connectivity index (χ2n) is 8.89. The molecule has 0 atom stereocenters.